The molecular weight excluding hydrogens is 192 g/mol. The van der Waals surface area contributed by atoms with Gasteiger partial charge in [-0.3, -0.25) is 0 Å². The molecule has 0 fully saturated rings. The van der Waals surface area contributed by atoms with Crippen molar-refractivity contribution in [1.29, 1.82) is 0 Å². The number of unbranched alkanes of at least 4 members (excludes halogenated alkanes) is 1. The number of aryl methyl sites for hydroxylation is 1. The highest BCUT2D eigenvalue weighted by molar-refractivity contribution is 5.63. The van der Waals surface area contributed by atoms with Crippen molar-refractivity contribution < 1.29 is 0 Å². The van der Waals surface area contributed by atoms with E-state index in [1.54, 1.807) is 0 Å². The Morgan fingerprint density at radius 3 is 2.44 bits per heavy atom. The van der Waals surface area contributed by atoms with Crippen molar-refractivity contribution in [3.8, 4) is 0 Å². The number of rotatable bonds is 6. The first-order valence-electron chi connectivity index (χ1n) is 6.38. The van der Waals surface area contributed by atoms with Gasteiger partial charge in [-0.15, -0.1) is 0 Å². The number of allylic oxidation sites excluding steroid dienone is 1. The first-order chi connectivity index (χ1) is 7.63. The molecule has 0 nitrogen and oxygen atoms in total. The minimum atomic E-state index is 0.758. The Morgan fingerprint density at radius 1 is 1.25 bits per heavy atom. The van der Waals surface area contributed by atoms with Gasteiger partial charge in [0.2, 0.25) is 0 Å². The third-order valence-electron chi connectivity index (χ3n) is 3.11. The maximum Gasteiger partial charge on any atom is -0.0230 e. The predicted octanol–water partition coefficient (Wildman–Crippen LogP) is 5.22. The Bertz CT molecular complexity index is 318. The fourth-order valence-corrected chi connectivity index (χ4v) is 1.98. The molecule has 0 spiro atoms. The van der Waals surface area contributed by atoms with Crippen LogP contribution in [0, 0.1) is 12.8 Å². The van der Waals surface area contributed by atoms with Gasteiger partial charge >= 0.3 is 0 Å². The zero-order chi connectivity index (χ0) is 12.0. The van der Waals surface area contributed by atoms with E-state index in [1.165, 1.54) is 36.0 Å². The maximum atomic E-state index is 4.20. The number of hydrogen-bond donors (Lipinski definition) is 0. The summed E-state index contributed by atoms with van der Waals surface area (Å²) < 4.78 is 0. The maximum absolute atomic E-state index is 4.20. The van der Waals surface area contributed by atoms with Crippen LogP contribution in [0.5, 0.6) is 0 Å². The number of hydrogen-bond acceptors (Lipinski definition) is 0. The molecule has 1 rings (SSSR count). The van der Waals surface area contributed by atoms with E-state index in [4.69, 9.17) is 0 Å². The van der Waals surface area contributed by atoms with E-state index in [-0.39, 0.29) is 0 Å². The van der Waals surface area contributed by atoms with Crippen LogP contribution in [-0.2, 0) is 0 Å². The Labute approximate surface area is 100 Å². The normalized spacial score (nSPS) is 12.4. The molecule has 0 bridgehead atoms. The van der Waals surface area contributed by atoms with Crippen molar-refractivity contribution >= 4 is 5.57 Å². The molecule has 0 saturated carbocycles. The van der Waals surface area contributed by atoms with E-state index in [2.05, 4.69) is 51.6 Å². The van der Waals surface area contributed by atoms with Crippen LogP contribution in [0.2, 0.25) is 0 Å². The fourth-order valence-electron chi connectivity index (χ4n) is 1.98. The summed E-state index contributed by atoms with van der Waals surface area (Å²) in [4.78, 5) is 0. The summed E-state index contributed by atoms with van der Waals surface area (Å²) in [6.45, 7) is 10.9. The average molecular weight is 216 g/mol. The Hall–Kier alpha value is -1.04. The van der Waals surface area contributed by atoms with E-state index < -0.39 is 0 Å². The molecule has 0 aliphatic rings. The van der Waals surface area contributed by atoms with E-state index >= 15 is 0 Å². The molecule has 1 aromatic carbocycles. The molecule has 0 heterocycles. The summed E-state index contributed by atoms with van der Waals surface area (Å²) in [5.41, 5.74) is 3.90. The van der Waals surface area contributed by atoms with E-state index in [0.717, 1.165) is 12.3 Å². The molecule has 0 saturated heterocycles. The van der Waals surface area contributed by atoms with E-state index in [1.807, 2.05) is 0 Å². The molecule has 0 aliphatic heterocycles. The molecule has 0 amide bonds. The van der Waals surface area contributed by atoms with Crippen LogP contribution in [0.4, 0.5) is 0 Å². The molecule has 1 atom stereocenters. The van der Waals surface area contributed by atoms with E-state index in [0.29, 0.717) is 0 Å². The zero-order valence-electron chi connectivity index (χ0n) is 10.9. The van der Waals surface area contributed by atoms with Gasteiger partial charge in [0.15, 0.2) is 0 Å². The van der Waals surface area contributed by atoms with Crippen molar-refractivity contribution in [3.63, 3.8) is 0 Å². The first-order valence-corrected chi connectivity index (χ1v) is 6.38. The quantitative estimate of drug-likeness (QED) is 0.611. The average Bonchev–Trinajstić information content (AvgIpc) is 2.27. The Morgan fingerprint density at radius 2 is 1.88 bits per heavy atom. The van der Waals surface area contributed by atoms with Crippen molar-refractivity contribution in [2.45, 2.75) is 46.5 Å². The zero-order valence-corrected chi connectivity index (χ0v) is 10.9. The van der Waals surface area contributed by atoms with Crippen LogP contribution in [0.1, 0.15) is 50.7 Å². The third-order valence-corrected chi connectivity index (χ3v) is 3.11. The molecule has 1 unspecified atom stereocenters. The smallest absolute Gasteiger partial charge is 0.0230 e. The van der Waals surface area contributed by atoms with Crippen LogP contribution in [-0.4, -0.2) is 0 Å². The fraction of sp³-hybridized carbons (Fsp3) is 0.500. The van der Waals surface area contributed by atoms with Crippen molar-refractivity contribution in [3.05, 3.63) is 42.0 Å². The van der Waals surface area contributed by atoms with Gasteiger partial charge in [-0.1, -0.05) is 69.5 Å². The van der Waals surface area contributed by atoms with Crippen molar-refractivity contribution in [2.75, 3.05) is 0 Å². The summed E-state index contributed by atoms with van der Waals surface area (Å²) in [6, 6.07) is 8.70. The highest BCUT2D eigenvalue weighted by atomic mass is 14.1. The first kappa shape index (κ1) is 13.0. The standard InChI is InChI=1S/C16H24/c1-5-6-7-14(3)12-15(4)16-10-8-13(2)9-11-16/h8-11,14H,4-7,12H2,1-3H3. The topological polar surface area (TPSA) is 0 Å². The largest absolute Gasteiger partial charge is 0.0952 e. The second kappa shape index (κ2) is 6.52. The lowest BCUT2D eigenvalue weighted by Crippen LogP contribution is -1.96. The van der Waals surface area contributed by atoms with Crippen LogP contribution < -0.4 is 0 Å². The monoisotopic (exact) mass is 216 g/mol. The van der Waals surface area contributed by atoms with Crippen molar-refractivity contribution in [1.82, 2.24) is 0 Å². The lowest BCUT2D eigenvalue weighted by Gasteiger charge is -2.13. The van der Waals surface area contributed by atoms with Gasteiger partial charge in [0, 0.05) is 0 Å². The molecule has 16 heavy (non-hydrogen) atoms. The Kier molecular flexibility index (Phi) is 5.31. The van der Waals surface area contributed by atoms with Gasteiger partial charge in [0.05, 0.1) is 0 Å². The molecule has 1 aromatic rings. The summed E-state index contributed by atoms with van der Waals surface area (Å²) >= 11 is 0. The summed E-state index contributed by atoms with van der Waals surface area (Å²) in [6.07, 6.45) is 5.08. The summed E-state index contributed by atoms with van der Waals surface area (Å²) in [5, 5.41) is 0. The van der Waals surface area contributed by atoms with Crippen LogP contribution >= 0.6 is 0 Å². The summed E-state index contributed by atoms with van der Waals surface area (Å²) in [7, 11) is 0. The second-order valence-corrected chi connectivity index (χ2v) is 4.92. The van der Waals surface area contributed by atoms with Crippen LogP contribution in [0.25, 0.3) is 5.57 Å². The predicted molar refractivity (Wildman–Crippen MR) is 73.5 cm³/mol. The molecule has 0 aliphatic carbocycles. The van der Waals surface area contributed by atoms with Gasteiger partial charge in [0.25, 0.3) is 0 Å². The minimum Gasteiger partial charge on any atom is -0.0952 e. The SMILES string of the molecule is C=C(CC(C)CCCC)c1ccc(C)cc1. The molecule has 0 radical (unpaired) electrons. The molecular formula is C16H24. The molecule has 0 N–H and O–H groups in total. The minimum absolute atomic E-state index is 0.758. The Balaban J connectivity index is 2.48. The third kappa shape index (κ3) is 4.22. The second-order valence-electron chi connectivity index (χ2n) is 4.92. The van der Waals surface area contributed by atoms with Crippen LogP contribution in [0.15, 0.2) is 30.8 Å². The van der Waals surface area contributed by atoms with Gasteiger partial charge in [0.1, 0.15) is 0 Å². The number of benzene rings is 1. The molecule has 88 valence electrons. The lowest BCUT2D eigenvalue weighted by atomic mass is 9.93. The van der Waals surface area contributed by atoms with Gasteiger partial charge in [-0.05, 0) is 30.4 Å². The van der Waals surface area contributed by atoms with Crippen LogP contribution in [0.3, 0.4) is 0 Å². The van der Waals surface area contributed by atoms with Crippen molar-refractivity contribution in [2.24, 2.45) is 5.92 Å². The highest BCUT2D eigenvalue weighted by Gasteiger charge is 2.05. The highest BCUT2D eigenvalue weighted by Crippen LogP contribution is 2.23. The van der Waals surface area contributed by atoms with Gasteiger partial charge in [-0.25, -0.2) is 0 Å². The van der Waals surface area contributed by atoms with Gasteiger partial charge in [-0.2, -0.15) is 0 Å². The molecule has 0 aromatic heterocycles. The molecule has 0 heteroatoms. The summed E-state index contributed by atoms with van der Waals surface area (Å²) in [5.74, 6) is 0.758. The van der Waals surface area contributed by atoms with Gasteiger partial charge < -0.3 is 0 Å². The lowest BCUT2D eigenvalue weighted by molar-refractivity contribution is 0.517. The van der Waals surface area contributed by atoms with E-state index in [9.17, 15) is 0 Å².